The summed E-state index contributed by atoms with van der Waals surface area (Å²) >= 11 is 0. The van der Waals surface area contributed by atoms with Crippen molar-refractivity contribution in [2.24, 2.45) is 0 Å². The molecular weight excluding hydrogens is 308 g/mol. The number of unbranched alkanes of at least 4 members (excludes halogenated alkanes) is 5. The third kappa shape index (κ3) is 16.3. The Hall–Kier alpha value is -2.08. The molecule has 1 rings (SSSR count). The Kier molecular flexibility index (Phi) is 13.3. The molecule has 0 aromatic heterocycles. The minimum Gasteiger partial charge on any atom is -0.481 e. The number of para-hydroxylation sites is 1. The Morgan fingerprint density at radius 1 is 0.833 bits per heavy atom. The van der Waals surface area contributed by atoms with Gasteiger partial charge in [0.15, 0.2) is 0 Å². The molecule has 0 aliphatic carbocycles. The van der Waals surface area contributed by atoms with Crippen molar-refractivity contribution in [1.82, 2.24) is 5.01 Å². The number of nitrogens with zero attached hydrogens (tertiary/aromatic N) is 1. The van der Waals surface area contributed by atoms with Crippen LogP contribution in [0.4, 0.5) is 5.69 Å². The molecule has 24 heavy (non-hydrogen) atoms. The van der Waals surface area contributed by atoms with Crippen molar-refractivity contribution >= 4 is 17.6 Å². The average molecular weight is 338 g/mol. The summed E-state index contributed by atoms with van der Waals surface area (Å²) < 4.78 is 0. The smallest absolute Gasteiger partial charge is 0.303 e. The number of hydrogen-bond acceptors (Lipinski definition) is 4. The van der Waals surface area contributed by atoms with Crippen molar-refractivity contribution in [3.8, 4) is 0 Å². The number of rotatable bonds is 11. The lowest BCUT2D eigenvalue weighted by atomic mass is 10.1. The lowest BCUT2D eigenvalue weighted by Crippen LogP contribution is -2.19. The van der Waals surface area contributed by atoms with Crippen molar-refractivity contribution < 1.29 is 19.8 Å². The molecule has 0 aliphatic rings. The third-order valence-electron chi connectivity index (χ3n) is 3.16. The molecule has 3 N–H and O–H groups in total. The number of hydrogen-bond donors (Lipinski definition) is 3. The fraction of sp³-hybridized carbons (Fsp3) is 0.556. The van der Waals surface area contributed by atoms with E-state index < -0.39 is 11.9 Å². The highest BCUT2D eigenvalue weighted by molar-refractivity contribution is 5.66. The minimum atomic E-state index is -0.740. The standard InChI is InChI=1S/C10H18O4.C8H12N2/c11-9(12)7-5-3-1-2-4-6-8-10(13)14;1-10(2)9-8-6-4-3-5-7-8/h1-8H2,(H,11,12)(H,13,14);3-7,9H,1-2H3. The van der Waals surface area contributed by atoms with Gasteiger partial charge in [-0.2, -0.15) is 0 Å². The minimum absolute atomic E-state index is 0.245. The first-order valence-electron chi connectivity index (χ1n) is 8.34. The second kappa shape index (κ2) is 14.5. The fourth-order valence-corrected chi connectivity index (χ4v) is 2.03. The van der Waals surface area contributed by atoms with Crippen molar-refractivity contribution in [3.05, 3.63) is 30.3 Å². The number of aliphatic carboxylic acids is 2. The van der Waals surface area contributed by atoms with E-state index in [9.17, 15) is 9.59 Å². The molecular formula is C18H30N2O4. The van der Waals surface area contributed by atoms with Crippen LogP contribution in [0.3, 0.4) is 0 Å². The number of carbonyl (C=O) groups is 2. The van der Waals surface area contributed by atoms with Crippen molar-refractivity contribution in [1.29, 1.82) is 0 Å². The van der Waals surface area contributed by atoms with Gasteiger partial charge in [-0.3, -0.25) is 9.59 Å². The SMILES string of the molecule is CN(C)Nc1ccccc1.O=C(O)CCCCCCCCC(=O)O. The van der Waals surface area contributed by atoms with Crippen LogP contribution in [-0.2, 0) is 9.59 Å². The van der Waals surface area contributed by atoms with E-state index in [4.69, 9.17) is 10.2 Å². The quantitative estimate of drug-likeness (QED) is 0.419. The van der Waals surface area contributed by atoms with Gasteiger partial charge in [-0.15, -0.1) is 0 Å². The fourth-order valence-electron chi connectivity index (χ4n) is 2.03. The largest absolute Gasteiger partial charge is 0.481 e. The zero-order valence-electron chi connectivity index (χ0n) is 14.7. The van der Waals surface area contributed by atoms with Gasteiger partial charge in [-0.25, -0.2) is 5.01 Å². The highest BCUT2D eigenvalue weighted by Crippen LogP contribution is 2.08. The first-order chi connectivity index (χ1) is 11.4. The van der Waals surface area contributed by atoms with Gasteiger partial charge in [0.25, 0.3) is 0 Å². The summed E-state index contributed by atoms with van der Waals surface area (Å²) in [5.74, 6) is -1.48. The normalized spacial score (nSPS) is 9.96. The molecule has 1 aromatic rings. The summed E-state index contributed by atoms with van der Waals surface area (Å²) in [6.07, 6.45) is 5.82. The third-order valence-corrected chi connectivity index (χ3v) is 3.16. The van der Waals surface area contributed by atoms with Crippen LogP contribution in [0.5, 0.6) is 0 Å². The zero-order valence-corrected chi connectivity index (χ0v) is 14.7. The molecule has 0 unspecified atom stereocenters. The summed E-state index contributed by atoms with van der Waals surface area (Å²) in [6.45, 7) is 0. The Labute approximate surface area is 144 Å². The van der Waals surface area contributed by atoms with E-state index in [-0.39, 0.29) is 12.8 Å². The summed E-state index contributed by atoms with van der Waals surface area (Å²) in [5, 5.41) is 18.6. The summed E-state index contributed by atoms with van der Waals surface area (Å²) in [5.41, 5.74) is 4.26. The van der Waals surface area contributed by atoms with Gasteiger partial charge in [0.2, 0.25) is 0 Å². The van der Waals surface area contributed by atoms with Crippen LogP contribution in [0.25, 0.3) is 0 Å². The van der Waals surface area contributed by atoms with E-state index in [2.05, 4.69) is 5.43 Å². The maximum absolute atomic E-state index is 10.1. The second-order valence-electron chi connectivity index (χ2n) is 5.78. The number of anilines is 1. The highest BCUT2D eigenvalue weighted by atomic mass is 16.4. The molecule has 0 atom stereocenters. The molecule has 0 radical (unpaired) electrons. The van der Waals surface area contributed by atoms with Crippen LogP contribution in [0.2, 0.25) is 0 Å². The molecule has 6 heteroatoms. The Morgan fingerprint density at radius 3 is 1.62 bits per heavy atom. The van der Waals surface area contributed by atoms with E-state index in [1.165, 1.54) is 0 Å². The number of nitrogens with one attached hydrogen (secondary N) is 1. The Balaban J connectivity index is 0.000000463. The van der Waals surface area contributed by atoms with E-state index in [1.807, 2.05) is 49.4 Å². The Bertz CT molecular complexity index is 430. The van der Waals surface area contributed by atoms with E-state index in [0.29, 0.717) is 0 Å². The van der Waals surface area contributed by atoms with Crippen LogP contribution < -0.4 is 5.43 Å². The number of carboxylic acids is 2. The predicted molar refractivity (Wildman–Crippen MR) is 96.0 cm³/mol. The molecule has 6 nitrogen and oxygen atoms in total. The first kappa shape index (κ1) is 21.9. The first-order valence-corrected chi connectivity index (χ1v) is 8.34. The average Bonchev–Trinajstić information content (AvgIpc) is 2.50. The maximum Gasteiger partial charge on any atom is 0.303 e. The molecule has 0 saturated heterocycles. The summed E-state index contributed by atoms with van der Waals surface area (Å²) in [6, 6.07) is 10.1. The van der Waals surface area contributed by atoms with Gasteiger partial charge in [-0.1, -0.05) is 43.9 Å². The Morgan fingerprint density at radius 2 is 1.25 bits per heavy atom. The molecule has 0 saturated carbocycles. The topological polar surface area (TPSA) is 89.9 Å². The number of hydrazine groups is 1. The maximum atomic E-state index is 10.1. The summed E-state index contributed by atoms with van der Waals surface area (Å²) in [7, 11) is 3.93. The molecule has 0 aliphatic heterocycles. The van der Waals surface area contributed by atoms with Gasteiger partial charge < -0.3 is 15.6 Å². The molecule has 0 fully saturated rings. The van der Waals surface area contributed by atoms with Crippen LogP contribution in [0.1, 0.15) is 51.4 Å². The van der Waals surface area contributed by atoms with Gasteiger partial charge in [0.05, 0.1) is 0 Å². The van der Waals surface area contributed by atoms with Gasteiger partial charge in [0.1, 0.15) is 0 Å². The van der Waals surface area contributed by atoms with Gasteiger partial charge in [0, 0.05) is 32.6 Å². The molecule has 0 heterocycles. The predicted octanol–water partition coefficient (Wildman–Crippen LogP) is 3.85. The lowest BCUT2D eigenvalue weighted by molar-refractivity contribution is -0.138. The van der Waals surface area contributed by atoms with Crippen molar-refractivity contribution in [2.45, 2.75) is 51.4 Å². The van der Waals surface area contributed by atoms with E-state index >= 15 is 0 Å². The van der Waals surface area contributed by atoms with Crippen LogP contribution >= 0.6 is 0 Å². The van der Waals surface area contributed by atoms with E-state index in [0.717, 1.165) is 44.2 Å². The van der Waals surface area contributed by atoms with E-state index in [1.54, 1.807) is 0 Å². The highest BCUT2D eigenvalue weighted by Gasteiger charge is 1.98. The molecule has 0 bridgehead atoms. The van der Waals surface area contributed by atoms with Crippen LogP contribution in [0.15, 0.2) is 30.3 Å². The van der Waals surface area contributed by atoms with Crippen molar-refractivity contribution in [3.63, 3.8) is 0 Å². The molecule has 136 valence electrons. The van der Waals surface area contributed by atoms with Crippen LogP contribution in [0, 0.1) is 0 Å². The monoisotopic (exact) mass is 338 g/mol. The zero-order chi connectivity index (χ0) is 18.2. The van der Waals surface area contributed by atoms with Crippen LogP contribution in [-0.4, -0.2) is 41.3 Å². The molecule has 0 amide bonds. The summed E-state index contributed by atoms with van der Waals surface area (Å²) in [4.78, 5) is 20.3. The molecule has 1 aromatic carbocycles. The number of carboxylic acid groups (broad SMARTS) is 2. The number of benzene rings is 1. The molecule has 0 spiro atoms. The van der Waals surface area contributed by atoms with Gasteiger partial charge >= 0.3 is 11.9 Å². The lowest BCUT2D eigenvalue weighted by Gasteiger charge is -2.12. The second-order valence-corrected chi connectivity index (χ2v) is 5.78. The van der Waals surface area contributed by atoms with Gasteiger partial charge in [-0.05, 0) is 25.0 Å². The van der Waals surface area contributed by atoms with Crippen molar-refractivity contribution in [2.75, 3.05) is 19.5 Å².